The second-order valence-electron chi connectivity index (χ2n) is 21.5. The zero-order valence-corrected chi connectivity index (χ0v) is 43.3. The number of Topliss-reactive ketones (excluding diaryl/α,β-unsaturated/α-hetero) is 1. The number of hydrogen-bond acceptors (Lipinski definition) is 16. The minimum absolute atomic E-state index is 0.0448. The molecule has 1 saturated heterocycles. The summed E-state index contributed by atoms with van der Waals surface area (Å²) in [6.07, 6.45) is 12.1. The van der Waals surface area contributed by atoms with Crippen molar-refractivity contribution in [3.8, 4) is 17.2 Å². The highest BCUT2D eigenvalue weighted by Gasteiger charge is 2.51. The third kappa shape index (κ3) is 10.2. The lowest BCUT2D eigenvalue weighted by Gasteiger charge is -2.38. The fourth-order valence-electron chi connectivity index (χ4n) is 11.3. The average molecular weight is 996 g/mol. The van der Waals surface area contributed by atoms with Gasteiger partial charge in [0.1, 0.15) is 40.5 Å². The molecule has 5 N–H and O–H groups in total. The molecule has 0 unspecified atom stereocenters. The average Bonchev–Trinajstić information content (AvgIpc) is 4.05. The highest BCUT2D eigenvalue weighted by molar-refractivity contribution is 6.21. The predicted octanol–water partition coefficient (Wildman–Crippen LogP) is 6.07. The van der Waals surface area contributed by atoms with E-state index in [0.29, 0.717) is 37.5 Å². The van der Waals surface area contributed by atoms with Crippen molar-refractivity contribution in [2.24, 2.45) is 39.6 Å². The number of aliphatic hydroxyl groups excluding tert-OH is 2. The van der Waals surface area contributed by atoms with Crippen molar-refractivity contribution in [2.75, 3.05) is 32.1 Å². The van der Waals surface area contributed by atoms with Crippen molar-refractivity contribution in [3.05, 3.63) is 69.9 Å². The van der Waals surface area contributed by atoms with Crippen LogP contribution in [0.3, 0.4) is 0 Å². The number of aliphatic hydroxyl groups is 2. The number of methoxy groups -OCH3 is 1. The van der Waals surface area contributed by atoms with Crippen LogP contribution in [0.4, 0.5) is 5.69 Å². The van der Waals surface area contributed by atoms with Crippen LogP contribution in [-0.2, 0) is 30.3 Å². The molecule has 9 rings (SSSR count). The molecule has 18 nitrogen and oxygen atoms in total. The predicted molar refractivity (Wildman–Crippen MR) is 268 cm³/mol. The molecule has 2 fully saturated rings. The zero-order chi connectivity index (χ0) is 52.0. The Morgan fingerprint density at radius 1 is 0.944 bits per heavy atom. The van der Waals surface area contributed by atoms with Crippen molar-refractivity contribution in [1.29, 1.82) is 0 Å². The smallest absolute Gasteiger partial charge is 0.328 e. The number of carbonyl (C=O) groups is 3. The number of phenols is 2. The minimum atomic E-state index is -1.99. The number of nitrogens with one attached hydrogen (secondary N) is 1. The van der Waals surface area contributed by atoms with Gasteiger partial charge in [0.25, 0.3) is 11.7 Å². The number of piperidine rings is 1. The van der Waals surface area contributed by atoms with E-state index < -0.39 is 82.9 Å². The number of benzene rings is 2. The van der Waals surface area contributed by atoms with Gasteiger partial charge in [-0.2, -0.15) is 0 Å². The van der Waals surface area contributed by atoms with Crippen LogP contribution in [0, 0.1) is 36.5 Å². The first-order valence-electron chi connectivity index (χ1n) is 25.7. The van der Waals surface area contributed by atoms with Crippen molar-refractivity contribution >= 4 is 34.1 Å². The number of esters is 1. The molecular formula is C54H73N7O11. The first-order valence-corrected chi connectivity index (χ1v) is 25.7. The van der Waals surface area contributed by atoms with Gasteiger partial charge in [0.15, 0.2) is 5.75 Å². The number of hydrogen-bond donors (Lipinski definition) is 5. The lowest BCUT2D eigenvalue weighted by atomic mass is 9.78. The molecule has 2 aromatic carbocycles. The summed E-state index contributed by atoms with van der Waals surface area (Å²) in [4.78, 5) is 54.8. The van der Waals surface area contributed by atoms with Crippen LogP contribution < -0.4 is 20.8 Å². The molecule has 0 radical (unpaired) electrons. The molecule has 6 heterocycles. The largest absolute Gasteiger partial charge is 0.507 e. The van der Waals surface area contributed by atoms with Gasteiger partial charge in [-0.05, 0) is 38.7 Å². The van der Waals surface area contributed by atoms with E-state index in [9.17, 15) is 34.8 Å². The Hall–Kier alpha value is -5.69. The van der Waals surface area contributed by atoms with Crippen LogP contribution in [0.25, 0.3) is 10.8 Å². The quantitative estimate of drug-likeness (QED) is 0.133. The van der Waals surface area contributed by atoms with Crippen LogP contribution in [0.5, 0.6) is 17.2 Å². The summed E-state index contributed by atoms with van der Waals surface area (Å²) in [7, 11) is 1.48. The number of aromatic hydroxyl groups is 2. The molecule has 1 saturated carbocycles. The van der Waals surface area contributed by atoms with E-state index in [1.165, 1.54) is 31.4 Å². The van der Waals surface area contributed by atoms with Crippen LogP contribution in [0.15, 0.2) is 52.3 Å². The van der Waals surface area contributed by atoms with Gasteiger partial charge in [0.2, 0.25) is 0 Å². The third-order valence-electron chi connectivity index (χ3n) is 15.8. The third-order valence-corrected chi connectivity index (χ3v) is 15.8. The van der Waals surface area contributed by atoms with Crippen LogP contribution in [-0.4, -0.2) is 121 Å². The number of likely N-dealkylation sites (tertiary alicyclic amines) is 1. The highest BCUT2D eigenvalue weighted by Crippen LogP contribution is 2.51. The number of ketones is 1. The molecule has 18 heteroatoms. The van der Waals surface area contributed by atoms with Gasteiger partial charge in [-0.1, -0.05) is 84.2 Å². The number of ether oxygens (including phenoxy) is 4. The van der Waals surface area contributed by atoms with Crippen molar-refractivity contribution in [1.82, 2.24) is 19.9 Å². The number of carbonyl (C=O) groups excluding carboxylic acids is 3. The molecule has 5 aliphatic heterocycles. The molecule has 1 amide bonds. The highest BCUT2D eigenvalue weighted by atomic mass is 16.7. The first kappa shape index (κ1) is 52.6. The number of nitrogens with zero attached hydrogens (tertiary/aromatic N) is 6. The summed E-state index contributed by atoms with van der Waals surface area (Å²) < 4.78 is 26.3. The topological polar surface area (TPSA) is 240 Å². The summed E-state index contributed by atoms with van der Waals surface area (Å²) in [6, 6.07) is 0. The van der Waals surface area contributed by atoms with E-state index in [1.807, 2.05) is 6.92 Å². The zero-order valence-electron chi connectivity index (χ0n) is 43.3. The Morgan fingerprint density at radius 2 is 1.65 bits per heavy atom. The molecule has 1 aromatic heterocycles. The maximum atomic E-state index is 15.0. The number of phenolic OH excluding ortho intramolecular Hbond substituents is 2. The number of amides is 1. The second kappa shape index (κ2) is 21.0. The summed E-state index contributed by atoms with van der Waals surface area (Å²) in [5.41, 5.74) is 0.682. The number of anilines is 1. The number of rotatable bonds is 7. The van der Waals surface area contributed by atoms with Gasteiger partial charge in [-0.25, -0.2) is 9.67 Å². The van der Waals surface area contributed by atoms with Gasteiger partial charge < -0.3 is 49.6 Å². The maximum absolute atomic E-state index is 15.0. The fourth-order valence-corrected chi connectivity index (χ4v) is 11.3. The first-order chi connectivity index (χ1) is 34.2. The molecule has 1 spiro atoms. The van der Waals surface area contributed by atoms with Gasteiger partial charge in [0.05, 0.1) is 46.9 Å². The Morgan fingerprint density at radius 3 is 2.33 bits per heavy atom. The lowest BCUT2D eigenvalue weighted by molar-refractivity contribution is -0.164. The van der Waals surface area contributed by atoms with Crippen LogP contribution in [0.1, 0.15) is 128 Å². The lowest BCUT2D eigenvalue weighted by Crippen LogP contribution is -2.47. The molecule has 3 aromatic rings. The Kier molecular flexibility index (Phi) is 15.4. The molecule has 1 aliphatic carbocycles. The van der Waals surface area contributed by atoms with E-state index in [2.05, 4.69) is 39.4 Å². The summed E-state index contributed by atoms with van der Waals surface area (Å²) in [6.45, 7) is 18.1. The van der Waals surface area contributed by atoms with E-state index in [4.69, 9.17) is 23.9 Å². The monoisotopic (exact) mass is 996 g/mol. The minimum Gasteiger partial charge on any atom is -0.507 e. The molecule has 72 heavy (non-hydrogen) atoms. The van der Waals surface area contributed by atoms with Gasteiger partial charge >= 0.3 is 11.8 Å². The second-order valence-corrected chi connectivity index (χ2v) is 21.5. The SMILES string of the molecule is CO[C@H]1/C=C/O[C@@]2(C)Oc3c(C)c(O)c4c(O)c(c5c(c4c3C2=O)NC2(CCN(CC(C)C)CC2)N=5)=NC(=O)/C(C)=C\C=C\[C@H](C)[C@H](O)[C@@H](C)[C@@H](O)[C@@H](C)[C@H](OC(=O)Cn2cc(C3CCCCC3)nn2)[C@@H]1C. The number of aromatic nitrogens is 3. The Labute approximate surface area is 420 Å². The van der Waals surface area contributed by atoms with Crippen molar-refractivity contribution < 1.29 is 53.8 Å². The fraction of sp³-hybridized carbons (Fsp3) is 0.611. The summed E-state index contributed by atoms with van der Waals surface area (Å²) in [5.74, 6) is -6.67. The number of allylic oxidation sites excluding steroid dienone is 2. The molecule has 6 aliphatic rings. The number of fused-ring (bicyclic) bond motifs is 13. The van der Waals surface area contributed by atoms with Gasteiger partial charge in [0, 0.05) is 98.8 Å². The summed E-state index contributed by atoms with van der Waals surface area (Å²) >= 11 is 0. The molecule has 5 bridgehead atoms. The standard InChI is InChI=1S/C54H73N7O11/c1-28(2)25-60-22-20-54(21-23-60)56-42-39-40-47(65)34(8)50-41(39)51(67)53(9,72-50)70-24-19-37(69-10)31(5)49(71-38(62)27-61-26-36(58-59-61)35-17-12-11-13-18-35)33(7)46(64)32(6)45(63)29(3)15-14-16-30(4)52(68)55-44(48(40)66)43(42)57-54/h14-16,19,24,26,28-29,31-33,35,37,45-46,49,56,63-66H,11-13,17-18,20-23,25,27H2,1-10H3/b15-14+,24-19+,30-16-,55-44?/t29-,31+,32+,33+,37-,45-,46+,49+,53-/m0/s1. The normalized spacial score (nSPS) is 31.0. The van der Waals surface area contributed by atoms with Gasteiger partial charge in [-0.15, -0.1) is 5.10 Å². The van der Waals surface area contributed by atoms with E-state index in [1.54, 1.807) is 65.1 Å². The molecule has 390 valence electrons. The Bertz CT molecular complexity index is 2790. The van der Waals surface area contributed by atoms with E-state index in [0.717, 1.165) is 37.9 Å². The summed E-state index contributed by atoms with van der Waals surface area (Å²) in [5, 5.41) is 60.1. The van der Waals surface area contributed by atoms with E-state index >= 15 is 0 Å². The molecular weight excluding hydrogens is 923 g/mol. The van der Waals surface area contributed by atoms with E-state index in [-0.39, 0.29) is 62.1 Å². The maximum Gasteiger partial charge on any atom is 0.328 e. The van der Waals surface area contributed by atoms with Crippen LogP contribution >= 0.6 is 0 Å². The van der Waals surface area contributed by atoms with Crippen molar-refractivity contribution in [3.63, 3.8) is 0 Å². The Balaban J connectivity index is 1.19. The van der Waals surface area contributed by atoms with Crippen LogP contribution in [0.2, 0.25) is 0 Å². The van der Waals surface area contributed by atoms with Gasteiger partial charge in [-0.3, -0.25) is 19.4 Å². The van der Waals surface area contributed by atoms with Crippen molar-refractivity contribution in [2.45, 2.75) is 156 Å². The molecule has 9 atom stereocenters.